The van der Waals surface area contributed by atoms with Crippen molar-refractivity contribution < 1.29 is 64.2 Å². The van der Waals surface area contributed by atoms with Gasteiger partial charge in [0.15, 0.2) is 17.9 Å². The molecular formula is C28H33F3N12O10S2. The molecule has 0 bridgehead atoms. The van der Waals surface area contributed by atoms with E-state index >= 15 is 0 Å². The van der Waals surface area contributed by atoms with Crippen molar-refractivity contribution in [2.24, 2.45) is 17.9 Å². The van der Waals surface area contributed by atoms with Gasteiger partial charge in [0.05, 0.1) is 23.8 Å². The van der Waals surface area contributed by atoms with Crippen LogP contribution in [0.25, 0.3) is 11.1 Å². The van der Waals surface area contributed by atoms with E-state index in [1.165, 1.54) is 19.2 Å². The number of anilines is 1. The molecule has 1 saturated heterocycles. The van der Waals surface area contributed by atoms with Crippen molar-refractivity contribution in [3.63, 3.8) is 0 Å². The Morgan fingerprint density at radius 1 is 1.25 bits per heavy atom. The lowest BCUT2D eigenvalue weighted by Gasteiger charge is -2.50. The summed E-state index contributed by atoms with van der Waals surface area (Å²) >= 11 is 1.03. The standard InChI is InChI=1S/C26H32N12O8S2.C2HF3O2/c1-26(2)21(24(40)38(26)46-48(41,42)43)30-23(39)20(18-14-47-25(28)29-18)33-45-19(22-31-34-35-32-22)13-44-17-7-5-15(6-8-17)16-11-36(3)37(12-16)10-4-9-27;3-2(4,5)1(6)7/h5-8,11-12,14,19,21H,4,9-10,13,27H2,1-3H3,(H4-,28,29,30,31,32,34,35,39,41,42,43);(H,6,7). The Kier molecular flexibility index (Phi) is 13.1. The number of hydroxylamine groups is 2. The third-order valence-corrected chi connectivity index (χ3v) is 8.46. The number of rotatable bonds is 15. The number of nitrogens with zero attached hydrogens (tertiary/aromatic N) is 8. The van der Waals surface area contributed by atoms with Crippen LogP contribution in [-0.4, -0.2) is 103 Å². The van der Waals surface area contributed by atoms with Crippen molar-refractivity contribution in [3.05, 3.63) is 53.6 Å². The van der Waals surface area contributed by atoms with Crippen molar-refractivity contribution in [2.45, 2.75) is 50.7 Å². The molecule has 0 radical (unpaired) electrons. The maximum Gasteiger partial charge on any atom is 0.430 e. The summed E-state index contributed by atoms with van der Waals surface area (Å²) in [5.74, 6) is -4.29. The molecule has 1 aliphatic heterocycles. The van der Waals surface area contributed by atoms with Crippen LogP contribution in [0, 0.1) is 0 Å². The van der Waals surface area contributed by atoms with Gasteiger partial charge in [-0.1, -0.05) is 22.5 Å². The molecule has 2 amide bonds. The Bertz CT molecular complexity index is 2110. The number of halogens is 3. The molecule has 1 fully saturated rings. The zero-order valence-corrected chi connectivity index (χ0v) is 30.5. The number of hydrogen-bond donors (Lipinski definition) is 5. The van der Waals surface area contributed by atoms with Gasteiger partial charge >= 0.3 is 16.6 Å². The molecule has 5 rings (SSSR count). The fourth-order valence-electron chi connectivity index (χ4n) is 4.70. The van der Waals surface area contributed by atoms with Gasteiger partial charge in [-0.05, 0) is 44.5 Å². The fourth-order valence-corrected chi connectivity index (χ4v) is 5.70. The van der Waals surface area contributed by atoms with Crippen molar-refractivity contribution in [1.29, 1.82) is 0 Å². The minimum Gasteiger partial charge on any atom is -0.542 e. The van der Waals surface area contributed by atoms with Gasteiger partial charge in [-0.2, -0.15) is 36.5 Å². The number of tetrazole rings is 1. The van der Waals surface area contributed by atoms with Crippen LogP contribution in [0.1, 0.15) is 37.9 Å². The van der Waals surface area contributed by atoms with Gasteiger partial charge in [-0.3, -0.25) is 14.1 Å². The number of aliphatic carboxylic acids is 1. The molecule has 3 aromatic heterocycles. The Morgan fingerprint density at radius 3 is 2.45 bits per heavy atom. The predicted octanol–water partition coefficient (Wildman–Crippen LogP) is -1.44. The van der Waals surface area contributed by atoms with Crippen LogP contribution < -0.4 is 31.3 Å². The number of nitrogens with one attached hydrogen (secondary N) is 2. The lowest BCUT2D eigenvalue weighted by molar-refractivity contribution is -0.753. The zero-order chi connectivity index (χ0) is 40.7. The van der Waals surface area contributed by atoms with Crippen LogP contribution in [0.15, 0.2) is 47.2 Å². The topological polar surface area (TPSA) is 312 Å². The second kappa shape index (κ2) is 17.1. The first-order chi connectivity index (χ1) is 25.7. The van der Waals surface area contributed by atoms with E-state index in [1.807, 2.05) is 36.3 Å². The molecule has 1 aromatic carbocycles. The average molecular weight is 819 g/mol. The van der Waals surface area contributed by atoms with Crippen LogP contribution in [0.2, 0.25) is 0 Å². The first-order valence-electron chi connectivity index (χ1n) is 15.5. The molecule has 22 nitrogen and oxygen atoms in total. The number of alkyl halides is 3. The molecule has 2 unspecified atom stereocenters. The van der Waals surface area contributed by atoms with Crippen molar-refractivity contribution >= 4 is 50.4 Å². The van der Waals surface area contributed by atoms with Crippen LogP contribution in [0.5, 0.6) is 5.75 Å². The summed E-state index contributed by atoms with van der Waals surface area (Å²) in [7, 11) is -3.03. The molecule has 0 aliphatic carbocycles. The monoisotopic (exact) mass is 818 g/mol. The molecule has 0 saturated carbocycles. The number of aromatic nitrogens is 7. The van der Waals surface area contributed by atoms with Gasteiger partial charge in [-0.15, -0.1) is 30.5 Å². The number of nitrogens with two attached hydrogens (primary N) is 2. The van der Waals surface area contributed by atoms with Crippen LogP contribution >= 0.6 is 11.3 Å². The number of carbonyl (C=O) groups is 3. The highest BCUT2D eigenvalue weighted by Gasteiger charge is 2.58. The van der Waals surface area contributed by atoms with E-state index in [1.54, 1.807) is 12.1 Å². The minimum absolute atomic E-state index is 0.0271. The van der Waals surface area contributed by atoms with Crippen LogP contribution in [-0.2, 0) is 47.5 Å². The van der Waals surface area contributed by atoms with Crippen molar-refractivity contribution in [2.75, 3.05) is 18.9 Å². The van der Waals surface area contributed by atoms with Gasteiger partial charge < -0.3 is 36.3 Å². The van der Waals surface area contributed by atoms with E-state index in [0.29, 0.717) is 17.4 Å². The molecular weight excluding hydrogens is 786 g/mol. The first-order valence-corrected chi connectivity index (χ1v) is 17.7. The molecule has 2 atom stereocenters. The Balaban J connectivity index is 0.000000876. The zero-order valence-electron chi connectivity index (χ0n) is 28.8. The summed E-state index contributed by atoms with van der Waals surface area (Å²) in [6.07, 6.45) is -1.35. The Labute approximate surface area is 312 Å². The molecule has 4 aromatic rings. The minimum atomic E-state index is -5.19. The number of oxime groups is 1. The molecule has 27 heteroatoms. The van der Waals surface area contributed by atoms with E-state index in [-0.39, 0.29) is 29.0 Å². The number of carboxylic acids is 1. The summed E-state index contributed by atoms with van der Waals surface area (Å²) in [6, 6.07) is 6.11. The normalized spacial score (nSPS) is 16.1. The molecule has 7 N–H and O–H groups in total. The number of aryl methyl sites for hydroxylation is 2. The van der Waals surface area contributed by atoms with Gasteiger partial charge in [-0.25, -0.2) is 4.98 Å². The van der Waals surface area contributed by atoms with E-state index in [2.05, 4.69) is 45.0 Å². The highest BCUT2D eigenvalue weighted by molar-refractivity contribution is 7.80. The fraction of sp³-hybridized carbons (Fsp3) is 0.393. The maximum absolute atomic E-state index is 13.4. The summed E-state index contributed by atoms with van der Waals surface area (Å²) in [6.45, 7) is 4.07. The summed E-state index contributed by atoms with van der Waals surface area (Å²) in [4.78, 5) is 44.6. The predicted molar refractivity (Wildman–Crippen MR) is 178 cm³/mol. The highest BCUT2D eigenvalue weighted by Crippen LogP contribution is 2.33. The third-order valence-electron chi connectivity index (χ3n) is 7.45. The third kappa shape index (κ3) is 10.9. The lowest BCUT2D eigenvalue weighted by atomic mass is 9.84. The Morgan fingerprint density at radius 2 is 1.93 bits per heavy atom. The number of ether oxygens (including phenoxy) is 1. The van der Waals surface area contributed by atoms with Gasteiger partial charge in [0.1, 0.15) is 30.1 Å². The number of β-lactam (4-membered cyclic amide) rings is 1. The number of amides is 2. The molecule has 0 spiro atoms. The van der Waals surface area contributed by atoms with E-state index < -0.39 is 52.0 Å². The largest absolute Gasteiger partial charge is 0.542 e. The number of aromatic amines is 1. The van der Waals surface area contributed by atoms with Gasteiger partial charge in [0.25, 0.3) is 11.8 Å². The number of carbonyl (C=O) groups excluding carboxylic acids is 3. The summed E-state index contributed by atoms with van der Waals surface area (Å²) in [5, 5.41) is 31.1. The quantitative estimate of drug-likeness (QED) is 0.0302. The maximum atomic E-state index is 13.4. The molecule has 298 valence electrons. The molecule has 55 heavy (non-hydrogen) atoms. The first kappa shape index (κ1) is 42.0. The smallest absolute Gasteiger partial charge is 0.430 e. The van der Waals surface area contributed by atoms with Crippen molar-refractivity contribution in [3.8, 4) is 16.9 Å². The number of H-pyrrole nitrogens is 1. The van der Waals surface area contributed by atoms with Crippen LogP contribution in [0.4, 0.5) is 18.3 Å². The van der Waals surface area contributed by atoms with Crippen LogP contribution in [0.3, 0.4) is 0 Å². The summed E-state index contributed by atoms with van der Waals surface area (Å²) in [5.41, 5.74) is 11.7. The van der Waals surface area contributed by atoms with Gasteiger partial charge in [0.2, 0.25) is 18.1 Å². The average Bonchev–Trinajstić information content (AvgIpc) is 3.88. The summed E-state index contributed by atoms with van der Waals surface area (Å²) < 4.78 is 77.2. The second-order valence-electron chi connectivity index (χ2n) is 11.8. The van der Waals surface area contributed by atoms with E-state index in [0.717, 1.165) is 35.4 Å². The van der Waals surface area contributed by atoms with E-state index in [9.17, 15) is 31.2 Å². The molecule has 4 heterocycles. The second-order valence-corrected chi connectivity index (χ2v) is 13.7. The number of hydrogen-bond acceptors (Lipinski definition) is 17. The SMILES string of the molecule is C[n+]1cc(-c2ccc(OCC(ON=C(C(=O)NC3C(=O)N(OS(=O)(=O)O)C3(C)C)c3csc(N)n3)c3nn[nH]n3)cc2)cn1CCCN.O=C([O-])C(F)(F)F. The molecule has 1 aliphatic rings. The van der Waals surface area contributed by atoms with Crippen molar-refractivity contribution in [1.82, 2.24) is 40.7 Å². The van der Waals surface area contributed by atoms with Gasteiger partial charge in [0, 0.05) is 5.38 Å². The number of nitrogen functional groups attached to an aromatic ring is 1. The lowest BCUT2D eigenvalue weighted by Crippen LogP contribution is -2.76. The number of thiazole rings is 1. The Hall–Kier alpha value is -5.77. The highest BCUT2D eigenvalue weighted by atomic mass is 32.3. The number of carboxylic acid groups (broad SMARTS) is 1. The number of benzene rings is 1. The van der Waals surface area contributed by atoms with E-state index in [4.69, 9.17) is 35.5 Å².